The van der Waals surface area contributed by atoms with E-state index < -0.39 is 6.04 Å². The van der Waals surface area contributed by atoms with Crippen molar-refractivity contribution in [1.29, 1.82) is 0 Å². The number of thiophene rings is 2. The van der Waals surface area contributed by atoms with Crippen LogP contribution in [0, 0.1) is 0 Å². The van der Waals surface area contributed by atoms with Gasteiger partial charge in [-0.05, 0) is 58.7 Å². The number of carbonyl (C=O) groups excluding carboxylic acids is 1. The van der Waals surface area contributed by atoms with Crippen LogP contribution in [0.25, 0.3) is 10.4 Å². The summed E-state index contributed by atoms with van der Waals surface area (Å²) in [6.07, 6.45) is 1.80. The number of halogens is 2. The first-order valence-electron chi connectivity index (χ1n) is 13.3. The second-order valence-corrected chi connectivity index (χ2v) is 13.1. The van der Waals surface area contributed by atoms with Crippen LogP contribution in [0.15, 0.2) is 60.0 Å². The molecule has 2 unspecified atom stereocenters. The maximum absolute atomic E-state index is 13.1. The molecule has 5 nitrogen and oxygen atoms in total. The summed E-state index contributed by atoms with van der Waals surface area (Å²) < 4.78 is 5.28. The Morgan fingerprint density at radius 1 is 0.975 bits per heavy atom. The second kappa shape index (κ2) is 11.9. The average molecular weight is 614 g/mol. The van der Waals surface area contributed by atoms with Gasteiger partial charge >= 0.3 is 5.97 Å². The fourth-order valence-electron chi connectivity index (χ4n) is 5.94. The summed E-state index contributed by atoms with van der Waals surface area (Å²) in [7, 11) is 1.44. The van der Waals surface area contributed by atoms with E-state index in [0.717, 1.165) is 54.0 Å². The normalized spacial score (nSPS) is 17.2. The molecule has 2 aromatic carbocycles. The highest BCUT2D eigenvalue weighted by Crippen LogP contribution is 2.43. The highest BCUT2D eigenvalue weighted by Gasteiger charge is 2.34. The van der Waals surface area contributed by atoms with Crippen molar-refractivity contribution in [3.63, 3.8) is 0 Å². The highest BCUT2D eigenvalue weighted by atomic mass is 35.5. The smallest absolute Gasteiger partial charge is 0.327 e. The number of esters is 1. The first-order chi connectivity index (χ1) is 19.5. The lowest BCUT2D eigenvalue weighted by atomic mass is 9.98. The van der Waals surface area contributed by atoms with E-state index in [1.54, 1.807) is 22.7 Å². The van der Waals surface area contributed by atoms with Crippen molar-refractivity contribution in [2.24, 2.45) is 0 Å². The van der Waals surface area contributed by atoms with E-state index in [9.17, 15) is 9.90 Å². The predicted octanol–water partition coefficient (Wildman–Crippen LogP) is 7.15. The lowest BCUT2D eigenvalue weighted by Gasteiger charge is -2.34. The number of aliphatic hydroxyl groups excluding tert-OH is 1. The molecule has 0 aliphatic carbocycles. The number of aliphatic hydroxyl groups is 1. The number of hydrogen-bond donors (Lipinski definition) is 1. The first-order valence-corrected chi connectivity index (χ1v) is 15.8. The number of nitrogens with zero attached hydrogens (tertiary/aromatic N) is 2. The highest BCUT2D eigenvalue weighted by molar-refractivity contribution is 7.15. The molecule has 2 aliphatic heterocycles. The van der Waals surface area contributed by atoms with Crippen LogP contribution in [0.3, 0.4) is 0 Å². The summed E-state index contributed by atoms with van der Waals surface area (Å²) >= 11 is 17.1. The molecule has 0 saturated carbocycles. The van der Waals surface area contributed by atoms with E-state index in [2.05, 4.69) is 27.3 Å². The standard InChI is InChI=1S/C31H30Cl2N2O3S2/c1-38-31(37)30(35-13-9-26-19(16-35)11-14-39-26)23-7-4-6-22(29(23)33)28-15-20-17-34(12-10-27(20)40-28)25(18-36)21-5-2-3-8-24(21)32/h2-8,11,14-15,25,30,36H,9-10,12-13,16-18H2,1H3. The number of fused-ring (bicyclic) bond motifs is 2. The first kappa shape index (κ1) is 27.9. The second-order valence-electron chi connectivity index (χ2n) is 10.2. The number of benzene rings is 2. The zero-order chi connectivity index (χ0) is 27.8. The maximum Gasteiger partial charge on any atom is 0.327 e. The van der Waals surface area contributed by atoms with Crippen molar-refractivity contribution < 1.29 is 14.6 Å². The monoisotopic (exact) mass is 612 g/mol. The summed E-state index contributed by atoms with van der Waals surface area (Å²) in [6, 6.07) is 17.3. The molecule has 0 saturated heterocycles. The minimum atomic E-state index is -0.573. The van der Waals surface area contributed by atoms with Crippen LogP contribution in [-0.2, 0) is 35.5 Å². The minimum Gasteiger partial charge on any atom is -0.468 e. The van der Waals surface area contributed by atoms with Gasteiger partial charge in [0.05, 0.1) is 24.8 Å². The fraction of sp³-hybridized carbons (Fsp3) is 0.323. The fourth-order valence-corrected chi connectivity index (χ4v) is 8.67. The van der Waals surface area contributed by atoms with Crippen molar-refractivity contribution in [1.82, 2.24) is 9.80 Å². The summed E-state index contributed by atoms with van der Waals surface area (Å²) in [5.74, 6) is -0.298. The maximum atomic E-state index is 13.1. The number of carbonyl (C=O) groups is 1. The molecule has 0 bridgehead atoms. The Labute approximate surface area is 252 Å². The average Bonchev–Trinajstić information content (AvgIpc) is 3.62. The van der Waals surface area contributed by atoms with Crippen LogP contribution < -0.4 is 0 Å². The Bertz CT molecular complexity index is 1530. The zero-order valence-electron chi connectivity index (χ0n) is 22.1. The van der Waals surface area contributed by atoms with E-state index >= 15 is 0 Å². The van der Waals surface area contributed by atoms with Gasteiger partial charge in [-0.2, -0.15) is 0 Å². The number of hydrogen-bond acceptors (Lipinski definition) is 7. The number of rotatable bonds is 7. The Morgan fingerprint density at radius 2 is 1.73 bits per heavy atom. The molecule has 9 heteroatoms. The molecule has 40 heavy (non-hydrogen) atoms. The number of methoxy groups -OCH3 is 1. The molecule has 0 spiro atoms. The molecule has 208 valence electrons. The quantitative estimate of drug-likeness (QED) is 0.225. The third kappa shape index (κ3) is 5.25. The van der Waals surface area contributed by atoms with Gasteiger partial charge in [0, 0.05) is 51.4 Å². The van der Waals surface area contributed by atoms with E-state index in [4.69, 9.17) is 27.9 Å². The van der Waals surface area contributed by atoms with Gasteiger partial charge in [0.2, 0.25) is 0 Å². The van der Waals surface area contributed by atoms with Gasteiger partial charge in [0.1, 0.15) is 6.04 Å². The molecule has 6 rings (SSSR count). The van der Waals surface area contributed by atoms with E-state index in [1.807, 2.05) is 42.5 Å². The molecule has 1 N–H and O–H groups in total. The van der Waals surface area contributed by atoms with Crippen molar-refractivity contribution in [3.8, 4) is 10.4 Å². The third-order valence-corrected chi connectivity index (χ3v) is 11.0. The van der Waals surface area contributed by atoms with Crippen LogP contribution in [0.2, 0.25) is 10.0 Å². The Balaban J connectivity index is 1.29. The van der Waals surface area contributed by atoms with Gasteiger partial charge < -0.3 is 9.84 Å². The summed E-state index contributed by atoms with van der Waals surface area (Å²) in [4.78, 5) is 21.4. The summed E-state index contributed by atoms with van der Waals surface area (Å²) in [5.41, 5.74) is 5.16. The Kier molecular flexibility index (Phi) is 8.33. The molecular weight excluding hydrogens is 583 g/mol. The van der Waals surface area contributed by atoms with Gasteiger partial charge in [0.25, 0.3) is 0 Å². The van der Waals surface area contributed by atoms with Gasteiger partial charge in [0.15, 0.2) is 0 Å². The van der Waals surface area contributed by atoms with Gasteiger partial charge in [-0.1, -0.05) is 59.6 Å². The molecule has 2 aliphatic rings. The molecule has 0 fully saturated rings. The van der Waals surface area contributed by atoms with E-state index in [-0.39, 0.29) is 18.6 Å². The molecule has 4 aromatic rings. The molecule has 0 amide bonds. The van der Waals surface area contributed by atoms with Crippen molar-refractivity contribution in [2.45, 2.75) is 38.0 Å². The van der Waals surface area contributed by atoms with Crippen molar-refractivity contribution >= 4 is 51.8 Å². The van der Waals surface area contributed by atoms with Gasteiger partial charge in [-0.25, -0.2) is 4.79 Å². The molecule has 2 atom stereocenters. The largest absolute Gasteiger partial charge is 0.468 e. The Morgan fingerprint density at radius 3 is 2.52 bits per heavy atom. The van der Waals surface area contributed by atoms with E-state index in [1.165, 1.54) is 28.0 Å². The number of ether oxygens (including phenoxy) is 1. The third-order valence-electron chi connectivity index (χ3n) is 7.99. The van der Waals surface area contributed by atoms with Crippen molar-refractivity contribution in [2.75, 3.05) is 26.8 Å². The van der Waals surface area contributed by atoms with E-state index in [0.29, 0.717) is 16.6 Å². The van der Waals surface area contributed by atoms with Crippen molar-refractivity contribution in [3.05, 3.63) is 102 Å². The molecular formula is C31H30Cl2N2O3S2. The van der Waals surface area contributed by atoms with Crippen LogP contribution in [0.5, 0.6) is 0 Å². The minimum absolute atomic E-state index is 0.00221. The van der Waals surface area contributed by atoms with Crippen LogP contribution in [-0.4, -0.2) is 47.7 Å². The topological polar surface area (TPSA) is 53.0 Å². The van der Waals surface area contributed by atoms with Gasteiger partial charge in [-0.3, -0.25) is 9.80 Å². The Hall–Kier alpha value is -2.23. The van der Waals surface area contributed by atoms with Gasteiger partial charge in [-0.15, -0.1) is 22.7 Å². The summed E-state index contributed by atoms with van der Waals surface area (Å²) in [6.45, 7) is 3.03. The van der Waals surface area contributed by atoms with Crippen LogP contribution in [0.4, 0.5) is 0 Å². The molecule has 0 radical (unpaired) electrons. The summed E-state index contributed by atoms with van der Waals surface area (Å²) in [5, 5.41) is 13.6. The SMILES string of the molecule is COC(=O)C(c1cccc(-c2cc3c(s2)CCN(C(CO)c2ccccc2Cl)C3)c1Cl)N1CCc2sccc2C1. The lowest BCUT2D eigenvalue weighted by molar-refractivity contribution is -0.147. The van der Waals surface area contributed by atoms with Crippen LogP contribution in [0.1, 0.15) is 44.1 Å². The lowest BCUT2D eigenvalue weighted by Crippen LogP contribution is -2.38. The molecule has 2 aromatic heterocycles. The zero-order valence-corrected chi connectivity index (χ0v) is 25.3. The molecule has 4 heterocycles. The van der Waals surface area contributed by atoms with Crippen LogP contribution >= 0.6 is 45.9 Å². The predicted molar refractivity (Wildman–Crippen MR) is 163 cm³/mol.